The number of pyridine rings is 1. The molecule has 0 fully saturated rings. The largest absolute Gasteiger partial charge is 0.396 e. The second kappa shape index (κ2) is 6.89. The zero-order chi connectivity index (χ0) is 16.2. The zero-order valence-corrected chi connectivity index (χ0v) is 13.7. The van der Waals surface area contributed by atoms with Gasteiger partial charge in [0.15, 0.2) is 0 Å². The second-order valence-corrected chi connectivity index (χ2v) is 6.59. The van der Waals surface area contributed by atoms with Crippen molar-refractivity contribution in [3.05, 3.63) is 23.4 Å². The SMILES string of the molecule is CC(C)N(CCCO)C(=O)c1cc(N)nc(C(C)(C)C)c1. The van der Waals surface area contributed by atoms with Crippen LogP contribution in [-0.4, -0.2) is 40.1 Å². The first kappa shape index (κ1) is 17.4. The molecule has 0 unspecified atom stereocenters. The monoisotopic (exact) mass is 293 g/mol. The van der Waals surface area contributed by atoms with Crippen LogP contribution in [0.5, 0.6) is 0 Å². The van der Waals surface area contributed by atoms with Crippen LogP contribution in [-0.2, 0) is 5.41 Å². The van der Waals surface area contributed by atoms with Gasteiger partial charge in [-0.05, 0) is 32.4 Å². The molecule has 5 nitrogen and oxygen atoms in total. The Morgan fingerprint density at radius 3 is 2.48 bits per heavy atom. The molecule has 0 aliphatic carbocycles. The molecular weight excluding hydrogens is 266 g/mol. The third-order valence-corrected chi connectivity index (χ3v) is 3.30. The van der Waals surface area contributed by atoms with Crippen molar-refractivity contribution >= 4 is 11.7 Å². The number of hydrogen-bond acceptors (Lipinski definition) is 4. The van der Waals surface area contributed by atoms with Gasteiger partial charge in [0.05, 0.1) is 0 Å². The lowest BCUT2D eigenvalue weighted by atomic mass is 9.90. The summed E-state index contributed by atoms with van der Waals surface area (Å²) in [5.41, 5.74) is 7.04. The Balaban J connectivity index is 3.13. The van der Waals surface area contributed by atoms with Crippen LogP contribution in [0.3, 0.4) is 0 Å². The molecule has 1 aromatic heterocycles. The van der Waals surface area contributed by atoms with Crippen molar-refractivity contribution in [2.45, 2.75) is 52.5 Å². The highest BCUT2D eigenvalue weighted by Gasteiger charge is 2.22. The highest BCUT2D eigenvalue weighted by Crippen LogP contribution is 2.23. The van der Waals surface area contributed by atoms with Gasteiger partial charge in [0, 0.05) is 35.9 Å². The number of nitrogen functional groups attached to an aromatic ring is 1. The van der Waals surface area contributed by atoms with Crippen LogP contribution in [0.2, 0.25) is 0 Å². The molecule has 1 heterocycles. The van der Waals surface area contributed by atoms with Crippen LogP contribution < -0.4 is 5.73 Å². The minimum absolute atomic E-state index is 0.0662. The summed E-state index contributed by atoms with van der Waals surface area (Å²) in [6, 6.07) is 3.50. The number of carbonyl (C=O) groups is 1. The molecule has 0 atom stereocenters. The summed E-state index contributed by atoms with van der Waals surface area (Å²) in [5.74, 6) is 0.287. The van der Waals surface area contributed by atoms with Gasteiger partial charge in [0.25, 0.3) is 5.91 Å². The van der Waals surface area contributed by atoms with E-state index in [9.17, 15) is 4.79 Å². The molecule has 1 amide bonds. The van der Waals surface area contributed by atoms with Crippen molar-refractivity contribution in [1.82, 2.24) is 9.88 Å². The third kappa shape index (κ3) is 4.70. The molecule has 3 N–H and O–H groups in total. The molecule has 0 bridgehead atoms. The molecule has 0 aliphatic rings. The molecule has 1 aromatic rings. The lowest BCUT2D eigenvalue weighted by Gasteiger charge is -2.27. The van der Waals surface area contributed by atoms with Crippen molar-refractivity contribution in [2.75, 3.05) is 18.9 Å². The second-order valence-electron chi connectivity index (χ2n) is 6.59. The number of rotatable bonds is 5. The summed E-state index contributed by atoms with van der Waals surface area (Å²) in [7, 11) is 0. The lowest BCUT2D eigenvalue weighted by Crippen LogP contribution is -2.38. The predicted molar refractivity (Wildman–Crippen MR) is 85.2 cm³/mol. The van der Waals surface area contributed by atoms with E-state index in [1.54, 1.807) is 11.0 Å². The molecule has 1 rings (SSSR count). The van der Waals surface area contributed by atoms with Crippen LogP contribution in [0.25, 0.3) is 0 Å². The van der Waals surface area contributed by atoms with Gasteiger partial charge in [0.1, 0.15) is 5.82 Å². The standard InChI is InChI=1S/C16H27N3O2/c1-11(2)19(7-6-8-20)15(21)12-9-13(16(3,4)5)18-14(17)10-12/h9-11,20H,6-8H2,1-5H3,(H2,17,18). The summed E-state index contributed by atoms with van der Waals surface area (Å²) in [4.78, 5) is 18.8. The van der Waals surface area contributed by atoms with Crippen LogP contribution in [0.1, 0.15) is 57.1 Å². The number of aliphatic hydroxyl groups excluding tert-OH is 1. The molecule has 0 aromatic carbocycles. The number of nitrogens with zero attached hydrogens (tertiary/aromatic N) is 2. The van der Waals surface area contributed by atoms with Crippen LogP contribution in [0, 0.1) is 0 Å². The number of aromatic nitrogens is 1. The molecule has 118 valence electrons. The predicted octanol–water partition coefficient (Wildman–Crippen LogP) is 2.19. The number of aliphatic hydroxyl groups is 1. The van der Waals surface area contributed by atoms with E-state index < -0.39 is 0 Å². The molecule has 0 radical (unpaired) electrons. The first-order valence-electron chi connectivity index (χ1n) is 7.36. The van der Waals surface area contributed by atoms with Crippen molar-refractivity contribution < 1.29 is 9.90 Å². The van der Waals surface area contributed by atoms with Gasteiger partial charge in [0.2, 0.25) is 0 Å². The highest BCUT2D eigenvalue weighted by molar-refractivity contribution is 5.95. The molecule has 5 heteroatoms. The maximum Gasteiger partial charge on any atom is 0.254 e. The Morgan fingerprint density at radius 2 is 2.00 bits per heavy atom. The van der Waals surface area contributed by atoms with Crippen molar-refractivity contribution in [3.63, 3.8) is 0 Å². The van der Waals surface area contributed by atoms with Gasteiger partial charge < -0.3 is 15.7 Å². The average molecular weight is 293 g/mol. The number of hydrogen-bond donors (Lipinski definition) is 2. The first-order valence-corrected chi connectivity index (χ1v) is 7.36. The summed E-state index contributed by atoms with van der Waals surface area (Å²) < 4.78 is 0. The van der Waals surface area contributed by atoms with Gasteiger partial charge in [-0.1, -0.05) is 20.8 Å². The first-order chi connectivity index (χ1) is 9.66. The molecule has 0 spiro atoms. The molecule has 0 aliphatic heterocycles. The third-order valence-electron chi connectivity index (χ3n) is 3.30. The van der Waals surface area contributed by atoms with E-state index in [0.29, 0.717) is 24.3 Å². The van der Waals surface area contributed by atoms with Crippen molar-refractivity contribution in [2.24, 2.45) is 0 Å². The summed E-state index contributed by atoms with van der Waals surface area (Å²) in [5, 5.41) is 8.98. The van der Waals surface area contributed by atoms with E-state index in [0.717, 1.165) is 5.69 Å². The Hall–Kier alpha value is -1.62. The van der Waals surface area contributed by atoms with Crippen LogP contribution >= 0.6 is 0 Å². The van der Waals surface area contributed by atoms with E-state index in [4.69, 9.17) is 10.8 Å². The number of anilines is 1. The van der Waals surface area contributed by atoms with Crippen molar-refractivity contribution in [1.29, 1.82) is 0 Å². The smallest absolute Gasteiger partial charge is 0.254 e. The van der Waals surface area contributed by atoms with E-state index in [-0.39, 0.29) is 24.0 Å². The van der Waals surface area contributed by atoms with E-state index in [1.165, 1.54) is 0 Å². The topological polar surface area (TPSA) is 79.5 Å². The van der Waals surface area contributed by atoms with Gasteiger partial charge >= 0.3 is 0 Å². The van der Waals surface area contributed by atoms with E-state index in [1.807, 2.05) is 40.7 Å². The minimum atomic E-state index is -0.168. The summed E-state index contributed by atoms with van der Waals surface area (Å²) in [6.07, 6.45) is 0.566. The Morgan fingerprint density at radius 1 is 1.38 bits per heavy atom. The number of carbonyl (C=O) groups excluding carboxylic acids is 1. The van der Waals surface area contributed by atoms with Gasteiger partial charge in [-0.3, -0.25) is 4.79 Å². The Kier molecular flexibility index (Phi) is 5.72. The molecule has 0 saturated carbocycles. The van der Waals surface area contributed by atoms with Crippen molar-refractivity contribution in [3.8, 4) is 0 Å². The number of amides is 1. The van der Waals surface area contributed by atoms with Crippen LogP contribution in [0.4, 0.5) is 5.82 Å². The molecular formula is C16H27N3O2. The average Bonchev–Trinajstić information content (AvgIpc) is 2.36. The van der Waals surface area contributed by atoms with Crippen LogP contribution in [0.15, 0.2) is 12.1 Å². The fraction of sp³-hybridized carbons (Fsp3) is 0.625. The van der Waals surface area contributed by atoms with E-state index in [2.05, 4.69) is 4.98 Å². The van der Waals surface area contributed by atoms with Gasteiger partial charge in [-0.15, -0.1) is 0 Å². The maximum absolute atomic E-state index is 12.7. The zero-order valence-electron chi connectivity index (χ0n) is 13.7. The fourth-order valence-electron chi connectivity index (χ4n) is 2.06. The maximum atomic E-state index is 12.7. The normalized spacial score (nSPS) is 11.8. The molecule has 21 heavy (non-hydrogen) atoms. The van der Waals surface area contributed by atoms with Gasteiger partial charge in [-0.25, -0.2) is 4.98 Å². The quantitative estimate of drug-likeness (QED) is 0.872. The van der Waals surface area contributed by atoms with E-state index >= 15 is 0 Å². The number of nitrogens with two attached hydrogens (primary N) is 1. The Labute approximate surface area is 127 Å². The lowest BCUT2D eigenvalue weighted by molar-refractivity contribution is 0.0693. The minimum Gasteiger partial charge on any atom is -0.396 e. The fourth-order valence-corrected chi connectivity index (χ4v) is 2.06. The molecule has 0 saturated heterocycles. The van der Waals surface area contributed by atoms with Gasteiger partial charge in [-0.2, -0.15) is 0 Å². The summed E-state index contributed by atoms with van der Waals surface area (Å²) in [6.45, 7) is 10.6. The highest BCUT2D eigenvalue weighted by atomic mass is 16.3. The Bertz CT molecular complexity index is 493. The summed E-state index contributed by atoms with van der Waals surface area (Å²) >= 11 is 0.